The van der Waals surface area contributed by atoms with Gasteiger partial charge in [-0.25, -0.2) is 4.98 Å². The second-order valence-corrected chi connectivity index (χ2v) is 8.04. The minimum absolute atomic E-state index is 0.134. The number of hydrogen-bond acceptors (Lipinski definition) is 7. The van der Waals surface area contributed by atoms with Gasteiger partial charge in [0.2, 0.25) is 0 Å². The van der Waals surface area contributed by atoms with Gasteiger partial charge in [-0.05, 0) is 12.8 Å². The lowest BCUT2D eigenvalue weighted by Crippen LogP contribution is -2.46. The lowest BCUT2D eigenvalue weighted by Gasteiger charge is -2.33. The maximum Gasteiger partial charge on any atom is 0.107 e. The maximum absolute atomic E-state index is 6.56. The zero-order chi connectivity index (χ0) is 16.2. The van der Waals surface area contributed by atoms with Gasteiger partial charge >= 0.3 is 0 Å². The molecule has 0 unspecified atom stereocenters. The highest BCUT2D eigenvalue weighted by Gasteiger charge is 2.43. The fourth-order valence-electron chi connectivity index (χ4n) is 3.96. The summed E-state index contributed by atoms with van der Waals surface area (Å²) in [5.41, 5.74) is -0.134. The Morgan fingerprint density at radius 3 is 2.83 bits per heavy atom. The van der Waals surface area contributed by atoms with E-state index in [2.05, 4.69) is 14.8 Å². The second kappa shape index (κ2) is 7.76. The molecule has 4 heterocycles. The van der Waals surface area contributed by atoms with Crippen molar-refractivity contribution in [3.8, 4) is 0 Å². The highest BCUT2D eigenvalue weighted by Crippen LogP contribution is 2.34. The molecule has 3 aliphatic rings. The van der Waals surface area contributed by atoms with Crippen LogP contribution in [0.25, 0.3) is 0 Å². The van der Waals surface area contributed by atoms with Crippen molar-refractivity contribution in [2.45, 2.75) is 31.1 Å². The highest BCUT2D eigenvalue weighted by molar-refractivity contribution is 7.09. The van der Waals surface area contributed by atoms with Crippen molar-refractivity contribution < 1.29 is 14.2 Å². The molecule has 6 nitrogen and oxygen atoms in total. The van der Waals surface area contributed by atoms with Crippen molar-refractivity contribution in [1.82, 2.24) is 14.8 Å². The molecular formula is C17H27N3O3S. The fraction of sp³-hybridized carbons (Fsp3) is 0.824. The molecule has 1 aromatic rings. The van der Waals surface area contributed by atoms with E-state index in [1.165, 1.54) is 5.01 Å². The summed E-state index contributed by atoms with van der Waals surface area (Å²) in [7, 11) is 0. The predicted molar refractivity (Wildman–Crippen MR) is 92.3 cm³/mol. The predicted octanol–water partition coefficient (Wildman–Crippen LogP) is 1.23. The van der Waals surface area contributed by atoms with E-state index < -0.39 is 0 Å². The van der Waals surface area contributed by atoms with Crippen LogP contribution in [0.4, 0.5) is 0 Å². The van der Waals surface area contributed by atoms with Crippen LogP contribution in [0.2, 0.25) is 0 Å². The topological polar surface area (TPSA) is 47.1 Å². The van der Waals surface area contributed by atoms with Gasteiger partial charge in [-0.3, -0.25) is 9.80 Å². The molecule has 0 aromatic carbocycles. The van der Waals surface area contributed by atoms with Gasteiger partial charge in [0.25, 0.3) is 0 Å². The van der Waals surface area contributed by atoms with Crippen molar-refractivity contribution in [3.05, 3.63) is 16.6 Å². The number of nitrogens with zero attached hydrogens (tertiary/aromatic N) is 3. The van der Waals surface area contributed by atoms with Crippen LogP contribution in [-0.4, -0.2) is 85.6 Å². The summed E-state index contributed by atoms with van der Waals surface area (Å²) in [6.45, 7) is 9.10. The Bertz CT molecular complexity index is 509. The van der Waals surface area contributed by atoms with Crippen LogP contribution in [-0.2, 0) is 20.8 Å². The normalized spacial score (nSPS) is 33.1. The van der Waals surface area contributed by atoms with Crippen LogP contribution in [0.3, 0.4) is 0 Å². The molecule has 1 aromatic heterocycles. The lowest BCUT2D eigenvalue weighted by atomic mass is 10.00. The third-order valence-electron chi connectivity index (χ3n) is 5.18. The monoisotopic (exact) mass is 353 g/mol. The van der Waals surface area contributed by atoms with Gasteiger partial charge in [-0.1, -0.05) is 0 Å². The number of ether oxygens (including phenoxy) is 3. The van der Waals surface area contributed by atoms with Crippen molar-refractivity contribution >= 4 is 11.3 Å². The average molecular weight is 353 g/mol. The molecule has 0 saturated carbocycles. The van der Waals surface area contributed by atoms with E-state index >= 15 is 0 Å². The molecule has 7 heteroatoms. The summed E-state index contributed by atoms with van der Waals surface area (Å²) in [6.07, 6.45) is 4.43. The minimum Gasteiger partial charge on any atom is -0.379 e. The number of thiazole rings is 1. The SMILES string of the molecule is c1csc(CN2CCOC[C@@]3(CC[C@@H](CN4CCOCC4)O3)C2)n1. The number of hydrogen-bond donors (Lipinski definition) is 0. The molecule has 3 saturated heterocycles. The van der Waals surface area contributed by atoms with E-state index in [1.54, 1.807) is 11.3 Å². The molecule has 2 atom stereocenters. The molecule has 0 N–H and O–H groups in total. The summed E-state index contributed by atoms with van der Waals surface area (Å²) < 4.78 is 17.9. The molecule has 1 spiro atoms. The van der Waals surface area contributed by atoms with Gasteiger partial charge in [-0.15, -0.1) is 11.3 Å². The van der Waals surface area contributed by atoms with Crippen molar-refractivity contribution in [2.75, 3.05) is 59.2 Å². The molecule has 3 aliphatic heterocycles. The average Bonchev–Trinajstić information content (AvgIpc) is 3.18. The first-order valence-electron chi connectivity index (χ1n) is 8.98. The van der Waals surface area contributed by atoms with E-state index in [0.717, 1.165) is 78.5 Å². The Morgan fingerprint density at radius 2 is 2.00 bits per heavy atom. The first-order valence-corrected chi connectivity index (χ1v) is 9.86. The van der Waals surface area contributed by atoms with Crippen LogP contribution >= 0.6 is 11.3 Å². The van der Waals surface area contributed by atoms with E-state index in [-0.39, 0.29) is 5.60 Å². The van der Waals surface area contributed by atoms with Gasteiger partial charge in [0, 0.05) is 44.3 Å². The van der Waals surface area contributed by atoms with Gasteiger partial charge in [0.15, 0.2) is 0 Å². The third-order valence-corrected chi connectivity index (χ3v) is 5.94. The van der Waals surface area contributed by atoms with Gasteiger partial charge in [0.1, 0.15) is 10.6 Å². The van der Waals surface area contributed by atoms with Gasteiger partial charge in [0.05, 0.1) is 39.1 Å². The molecule has 134 valence electrons. The van der Waals surface area contributed by atoms with Crippen molar-refractivity contribution in [3.63, 3.8) is 0 Å². The van der Waals surface area contributed by atoms with Crippen LogP contribution in [0, 0.1) is 0 Å². The van der Waals surface area contributed by atoms with Crippen LogP contribution in [0.5, 0.6) is 0 Å². The van der Waals surface area contributed by atoms with E-state index in [0.29, 0.717) is 6.10 Å². The van der Waals surface area contributed by atoms with E-state index in [1.807, 2.05) is 11.6 Å². The zero-order valence-corrected chi connectivity index (χ0v) is 15.0. The second-order valence-electron chi connectivity index (χ2n) is 7.06. The minimum atomic E-state index is -0.134. The quantitative estimate of drug-likeness (QED) is 0.811. The Kier molecular flexibility index (Phi) is 5.46. The summed E-state index contributed by atoms with van der Waals surface area (Å²) in [5.74, 6) is 0. The van der Waals surface area contributed by atoms with Crippen LogP contribution in [0.1, 0.15) is 17.8 Å². The van der Waals surface area contributed by atoms with Crippen molar-refractivity contribution in [2.24, 2.45) is 0 Å². The molecule has 4 rings (SSSR count). The summed E-state index contributed by atoms with van der Waals surface area (Å²) in [5, 5.41) is 3.22. The van der Waals surface area contributed by atoms with Crippen molar-refractivity contribution in [1.29, 1.82) is 0 Å². The molecule has 0 aliphatic carbocycles. The van der Waals surface area contributed by atoms with Gasteiger partial charge in [-0.2, -0.15) is 0 Å². The fourth-order valence-corrected chi connectivity index (χ4v) is 4.62. The Hall–Kier alpha value is -0.570. The smallest absolute Gasteiger partial charge is 0.107 e. The zero-order valence-electron chi connectivity index (χ0n) is 14.2. The Balaban J connectivity index is 1.34. The summed E-state index contributed by atoms with van der Waals surface area (Å²) in [6, 6.07) is 0. The van der Waals surface area contributed by atoms with E-state index in [9.17, 15) is 0 Å². The number of rotatable bonds is 4. The maximum atomic E-state index is 6.56. The molecule has 0 amide bonds. The number of aromatic nitrogens is 1. The highest BCUT2D eigenvalue weighted by atomic mass is 32.1. The van der Waals surface area contributed by atoms with Crippen LogP contribution < -0.4 is 0 Å². The van der Waals surface area contributed by atoms with Gasteiger partial charge < -0.3 is 14.2 Å². The molecule has 0 radical (unpaired) electrons. The summed E-state index contributed by atoms with van der Waals surface area (Å²) >= 11 is 1.73. The first-order chi connectivity index (χ1) is 11.8. The molecule has 0 bridgehead atoms. The Labute approximate surface area is 147 Å². The standard InChI is InChI=1S/C17H27N3O3S/c1-2-17(23-15(1)11-19-4-7-21-8-5-19)13-20(6-9-22-14-17)12-16-18-3-10-24-16/h3,10,15H,1-2,4-9,11-14H2/t15-,17+/m0/s1. The molecule has 3 fully saturated rings. The number of morpholine rings is 1. The first kappa shape index (κ1) is 16.9. The summed E-state index contributed by atoms with van der Waals surface area (Å²) in [4.78, 5) is 9.34. The third kappa shape index (κ3) is 4.15. The largest absolute Gasteiger partial charge is 0.379 e. The molecule has 24 heavy (non-hydrogen) atoms. The van der Waals surface area contributed by atoms with E-state index in [4.69, 9.17) is 14.2 Å². The Morgan fingerprint density at radius 1 is 1.17 bits per heavy atom. The van der Waals surface area contributed by atoms with Crippen LogP contribution in [0.15, 0.2) is 11.6 Å². The lowest BCUT2D eigenvalue weighted by molar-refractivity contribution is -0.0967. The molecular weight excluding hydrogens is 326 g/mol.